The number of hydrogen-bond acceptors (Lipinski definition) is 5. The van der Waals surface area contributed by atoms with E-state index in [0.717, 1.165) is 17.5 Å². The summed E-state index contributed by atoms with van der Waals surface area (Å²) in [7, 11) is 1.33. The summed E-state index contributed by atoms with van der Waals surface area (Å²) in [5.41, 5.74) is 1.78. The van der Waals surface area contributed by atoms with Gasteiger partial charge in [-0.2, -0.15) is 0 Å². The number of benzene rings is 2. The molecule has 31 heavy (non-hydrogen) atoms. The maximum atomic E-state index is 12.7. The van der Waals surface area contributed by atoms with Crippen LogP contribution < -0.4 is 11.2 Å². The van der Waals surface area contributed by atoms with E-state index in [4.69, 9.17) is 9.72 Å². The minimum atomic E-state index is -0.505. The molecule has 0 aliphatic carbocycles. The molecule has 8 nitrogen and oxygen atoms in total. The quantitative estimate of drug-likeness (QED) is 0.486. The summed E-state index contributed by atoms with van der Waals surface area (Å²) in [5.74, 6) is 0.132. The maximum Gasteiger partial charge on any atom is 0.337 e. The number of esters is 1. The number of ether oxygens (including phenoxy) is 1. The summed E-state index contributed by atoms with van der Waals surface area (Å²) in [5, 5.41) is 0. The van der Waals surface area contributed by atoms with Crippen molar-refractivity contribution in [1.29, 1.82) is 0 Å². The van der Waals surface area contributed by atoms with E-state index in [0.29, 0.717) is 29.1 Å². The van der Waals surface area contributed by atoms with Gasteiger partial charge < -0.3 is 9.30 Å². The topological polar surface area (TPSA) is 99.0 Å². The van der Waals surface area contributed by atoms with Crippen LogP contribution in [-0.2, 0) is 17.8 Å². The monoisotopic (exact) mass is 418 g/mol. The van der Waals surface area contributed by atoms with Crippen molar-refractivity contribution < 1.29 is 9.53 Å². The number of rotatable bonds is 6. The molecule has 0 spiro atoms. The third-order valence-electron chi connectivity index (χ3n) is 5.08. The van der Waals surface area contributed by atoms with Gasteiger partial charge in [-0.15, -0.1) is 0 Å². The summed E-state index contributed by atoms with van der Waals surface area (Å²) in [4.78, 5) is 44.2. The summed E-state index contributed by atoms with van der Waals surface area (Å²) < 4.78 is 8.05. The van der Waals surface area contributed by atoms with Crippen molar-refractivity contribution in [2.45, 2.75) is 26.4 Å². The van der Waals surface area contributed by atoms with E-state index in [1.807, 2.05) is 41.8 Å². The van der Waals surface area contributed by atoms with Crippen molar-refractivity contribution in [3.8, 4) is 11.4 Å². The van der Waals surface area contributed by atoms with Crippen molar-refractivity contribution in [3.63, 3.8) is 0 Å². The molecule has 4 rings (SSSR count). The van der Waals surface area contributed by atoms with Crippen LogP contribution in [0.2, 0.25) is 0 Å². The van der Waals surface area contributed by atoms with Gasteiger partial charge in [-0.05, 0) is 24.1 Å². The molecular weight excluding hydrogens is 396 g/mol. The van der Waals surface area contributed by atoms with Gasteiger partial charge in [-0.3, -0.25) is 14.3 Å². The number of fused-ring (bicyclic) bond motifs is 1. The van der Waals surface area contributed by atoms with E-state index < -0.39 is 17.2 Å². The summed E-state index contributed by atoms with van der Waals surface area (Å²) in [6, 6.07) is 16.3. The lowest BCUT2D eigenvalue weighted by molar-refractivity contribution is 0.0600. The predicted molar refractivity (Wildman–Crippen MR) is 117 cm³/mol. The van der Waals surface area contributed by atoms with E-state index in [9.17, 15) is 14.4 Å². The van der Waals surface area contributed by atoms with Crippen LogP contribution in [0.4, 0.5) is 0 Å². The molecule has 8 heteroatoms. The lowest BCUT2D eigenvalue weighted by atomic mass is 10.1. The highest BCUT2D eigenvalue weighted by atomic mass is 16.5. The normalized spacial score (nSPS) is 11.0. The molecule has 158 valence electrons. The van der Waals surface area contributed by atoms with E-state index in [1.165, 1.54) is 11.7 Å². The third-order valence-corrected chi connectivity index (χ3v) is 5.08. The standard InChI is InChI=1S/C23H22N4O4/c1-3-13-26-18-20(24-19(26)16-9-11-17(12-10-16)22(29)31-2)27(23(30)25-21(18)28)14-15-7-5-4-6-8-15/h4-12H,3,13-14H2,1-2H3,(H,25,28,30). The number of aromatic nitrogens is 4. The Balaban J connectivity index is 1.92. The molecule has 0 fully saturated rings. The summed E-state index contributed by atoms with van der Waals surface area (Å²) in [6.07, 6.45) is 0.774. The fourth-order valence-corrected chi connectivity index (χ4v) is 3.62. The van der Waals surface area contributed by atoms with Gasteiger partial charge in [0.1, 0.15) is 5.82 Å². The Hall–Kier alpha value is -3.94. The van der Waals surface area contributed by atoms with Crippen LogP contribution in [-0.4, -0.2) is 32.2 Å². The van der Waals surface area contributed by atoms with Gasteiger partial charge in [0.2, 0.25) is 0 Å². The Labute approximate surface area is 177 Å². The molecule has 0 radical (unpaired) electrons. The van der Waals surface area contributed by atoms with Gasteiger partial charge in [0.05, 0.1) is 19.2 Å². The van der Waals surface area contributed by atoms with Crippen molar-refractivity contribution in [2.24, 2.45) is 0 Å². The van der Waals surface area contributed by atoms with Crippen molar-refractivity contribution >= 4 is 17.1 Å². The molecule has 0 saturated carbocycles. The zero-order chi connectivity index (χ0) is 22.0. The summed E-state index contributed by atoms with van der Waals surface area (Å²) >= 11 is 0. The van der Waals surface area contributed by atoms with Crippen LogP contribution in [0.1, 0.15) is 29.3 Å². The Kier molecular flexibility index (Phi) is 5.53. The Morgan fingerprint density at radius 1 is 1.03 bits per heavy atom. The minimum Gasteiger partial charge on any atom is -0.465 e. The number of nitrogens with zero attached hydrogens (tertiary/aromatic N) is 3. The molecule has 0 atom stereocenters. The zero-order valence-corrected chi connectivity index (χ0v) is 17.3. The van der Waals surface area contributed by atoms with Gasteiger partial charge in [0.25, 0.3) is 5.56 Å². The molecule has 4 aromatic rings. The smallest absolute Gasteiger partial charge is 0.337 e. The van der Waals surface area contributed by atoms with Crippen LogP contribution >= 0.6 is 0 Å². The lowest BCUT2D eigenvalue weighted by Gasteiger charge is -2.08. The Morgan fingerprint density at radius 2 is 1.74 bits per heavy atom. The SMILES string of the molecule is CCCn1c(-c2ccc(C(=O)OC)cc2)nc2c1c(=O)[nH]c(=O)n2Cc1ccccc1. The van der Waals surface area contributed by atoms with Crippen LogP contribution in [0, 0.1) is 0 Å². The van der Waals surface area contributed by atoms with Crippen LogP contribution in [0.5, 0.6) is 0 Å². The van der Waals surface area contributed by atoms with E-state index in [1.54, 1.807) is 24.3 Å². The zero-order valence-electron chi connectivity index (χ0n) is 17.3. The number of hydrogen-bond donors (Lipinski definition) is 1. The molecule has 0 amide bonds. The first-order chi connectivity index (χ1) is 15.0. The number of carbonyl (C=O) groups is 1. The molecular formula is C23H22N4O4. The first kappa shape index (κ1) is 20.3. The third kappa shape index (κ3) is 3.79. The maximum absolute atomic E-state index is 12.7. The van der Waals surface area contributed by atoms with E-state index in [-0.39, 0.29) is 6.54 Å². The fraction of sp³-hybridized carbons (Fsp3) is 0.217. The van der Waals surface area contributed by atoms with E-state index >= 15 is 0 Å². The van der Waals surface area contributed by atoms with Gasteiger partial charge >= 0.3 is 11.7 Å². The number of methoxy groups -OCH3 is 1. The van der Waals surface area contributed by atoms with Gasteiger partial charge in [-0.1, -0.05) is 49.4 Å². The van der Waals surface area contributed by atoms with Crippen LogP contribution in [0.3, 0.4) is 0 Å². The fourth-order valence-electron chi connectivity index (χ4n) is 3.62. The van der Waals surface area contributed by atoms with Gasteiger partial charge in [0, 0.05) is 12.1 Å². The molecule has 0 bridgehead atoms. The van der Waals surface area contributed by atoms with E-state index in [2.05, 4.69) is 4.98 Å². The van der Waals surface area contributed by atoms with Crippen molar-refractivity contribution in [3.05, 3.63) is 86.6 Å². The number of nitrogens with one attached hydrogen (secondary N) is 1. The van der Waals surface area contributed by atoms with Crippen LogP contribution in [0.15, 0.2) is 64.2 Å². The molecule has 0 unspecified atom stereocenters. The molecule has 0 saturated heterocycles. The van der Waals surface area contributed by atoms with Gasteiger partial charge in [-0.25, -0.2) is 14.6 Å². The number of aryl methyl sites for hydroxylation is 1. The second kappa shape index (κ2) is 8.43. The minimum absolute atomic E-state index is 0.289. The largest absolute Gasteiger partial charge is 0.465 e. The molecule has 1 N–H and O–H groups in total. The van der Waals surface area contributed by atoms with Crippen molar-refractivity contribution in [2.75, 3.05) is 7.11 Å². The predicted octanol–water partition coefficient (Wildman–Crippen LogP) is 2.80. The number of H-pyrrole nitrogens is 1. The highest BCUT2D eigenvalue weighted by molar-refractivity contribution is 5.90. The van der Waals surface area contributed by atoms with Gasteiger partial charge in [0.15, 0.2) is 11.2 Å². The molecule has 0 aliphatic heterocycles. The Bertz CT molecular complexity index is 1350. The first-order valence-corrected chi connectivity index (χ1v) is 9.99. The average Bonchev–Trinajstić information content (AvgIpc) is 3.17. The Morgan fingerprint density at radius 3 is 2.39 bits per heavy atom. The highest BCUT2D eigenvalue weighted by Gasteiger charge is 2.20. The number of aromatic amines is 1. The molecule has 0 aliphatic rings. The molecule has 2 aromatic heterocycles. The second-order valence-corrected chi connectivity index (χ2v) is 7.16. The van der Waals surface area contributed by atoms with Crippen molar-refractivity contribution in [1.82, 2.24) is 19.1 Å². The summed E-state index contributed by atoms with van der Waals surface area (Å²) in [6.45, 7) is 2.85. The second-order valence-electron chi connectivity index (χ2n) is 7.16. The number of carbonyl (C=O) groups excluding carboxylic acids is 1. The average molecular weight is 418 g/mol. The molecule has 2 heterocycles. The molecule has 2 aromatic carbocycles. The first-order valence-electron chi connectivity index (χ1n) is 9.99. The number of imidazole rings is 1. The van der Waals surface area contributed by atoms with Crippen LogP contribution in [0.25, 0.3) is 22.6 Å². The lowest BCUT2D eigenvalue weighted by Crippen LogP contribution is -2.31. The highest BCUT2D eigenvalue weighted by Crippen LogP contribution is 2.24.